The van der Waals surface area contributed by atoms with Crippen LogP contribution in [0.4, 0.5) is 0 Å². The highest BCUT2D eigenvalue weighted by atomic mass is 16.3. The number of oxazole rings is 1. The number of benzene rings is 6. The number of furan rings is 1. The fraction of sp³-hybridized carbons (Fsp3) is 0. The maximum Gasteiger partial charge on any atom is 0.228 e. The summed E-state index contributed by atoms with van der Waals surface area (Å²) in [5, 5.41) is 1.89. The second-order valence-corrected chi connectivity index (χ2v) is 11.2. The first-order chi connectivity index (χ1) is 22.8. The van der Waals surface area contributed by atoms with Crippen LogP contribution in [0.3, 0.4) is 0 Å². The standard InChI is InChI=1S/C41H25N3O2/c1-3-12-26(13-4-1)28-16-9-17-29(24-28)33-25-34(43-40(42-33)27-14-5-2-6-15-27)30-18-10-22-36-38(30)39-31(19-11-23-37(39)45-36)41-44-32-20-7-8-21-35(32)46-41/h1-25H. The van der Waals surface area contributed by atoms with E-state index in [2.05, 4.69) is 60.7 Å². The zero-order valence-corrected chi connectivity index (χ0v) is 24.6. The lowest BCUT2D eigenvalue weighted by molar-refractivity contribution is 0.620. The maximum atomic E-state index is 6.43. The number of fused-ring (bicyclic) bond motifs is 4. The van der Waals surface area contributed by atoms with E-state index >= 15 is 0 Å². The minimum absolute atomic E-state index is 0.551. The Morgan fingerprint density at radius 2 is 0.957 bits per heavy atom. The molecule has 3 heterocycles. The Bertz CT molecular complexity index is 2500. The first-order valence-electron chi connectivity index (χ1n) is 15.2. The summed E-state index contributed by atoms with van der Waals surface area (Å²) >= 11 is 0. The summed E-state index contributed by atoms with van der Waals surface area (Å²) in [6.45, 7) is 0. The van der Waals surface area contributed by atoms with E-state index in [0.717, 1.165) is 77.8 Å². The van der Waals surface area contributed by atoms with Crippen molar-refractivity contribution in [2.24, 2.45) is 0 Å². The molecule has 0 unspecified atom stereocenters. The molecule has 5 nitrogen and oxygen atoms in total. The fourth-order valence-corrected chi connectivity index (χ4v) is 6.18. The number of hydrogen-bond donors (Lipinski definition) is 0. The van der Waals surface area contributed by atoms with Gasteiger partial charge in [-0.05, 0) is 53.6 Å². The Labute approximate surface area is 264 Å². The molecule has 0 N–H and O–H groups in total. The normalized spacial score (nSPS) is 11.5. The number of para-hydroxylation sites is 2. The highest BCUT2D eigenvalue weighted by Gasteiger charge is 2.21. The highest BCUT2D eigenvalue weighted by Crippen LogP contribution is 2.42. The first kappa shape index (κ1) is 26.1. The van der Waals surface area contributed by atoms with Crippen LogP contribution in [-0.4, -0.2) is 15.0 Å². The van der Waals surface area contributed by atoms with Gasteiger partial charge in [0.25, 0.3) is 0 Å². The second-order valence-electron chi connectivity index (χ2n) is 11.2. The van der Waals surface area contributed by atoms with Crippen LogP contribution in [0.5, 0.6) is 0 Å². The van der Waals surface area contributed by atoms with Crippen molar-refractivity contribution in [2.45, 2.75) is 0 Å². The van der Waals surface area contributed by atoms with E-state index in [1.807, 2.05) is 91.0 Å². The van der Waals surface area contributed by atoms with E-state index < -0.39 is 0 Å². The van der Waals surface area contributed by atoms with Crippen LogP contribution in [0, 0.1) is 0 Å². The van der Waals surface area contributed by atoms with E-state index in [0.29, 0.717) is 11.7 Å². The molecule has 46 heavy (non-hydrogen) atoms. The Morgan fingerprint density at radius 1 is 0.370 bits per heavy atom. The molecular formula is C41H25N3O2. The van der Waals surface area contributed by atoms with E-state index in [1.54, 1.807) is 0 Å². The molecule has 0 fully saturated rings. The summed E-state index contributed by atoms with van der Waals surface area (Å²) in [4.78, 5) is 15.1. The predicted octanol–water partition coefficient (Wildman–Crippen LogP) is 10.9. The Balaban J connectivity index is 1.29. The van der Waals surface area contributed by atoms with Crippen molar-refractivity contribution in [1.29, 1.82) is 0 Å². The second kappa shape index (κ2) is 10.7. The van der Waals surface area contributed by atoms with Gasteiger partial charge in [-0.2, -0.15) is 0 Å². The first-order valence-corrected chi connectivity index (χ1v) is 15.2. The van der Waals surface area contributed by atoms with Gasteiger partial charge in [0.15, 0.2) is 11.4 Å². The van der Waals surface area contributed by atoms with Crippen molar-refractivity contribution in [1.82, 2.24) is 15.0 Å². The van der Waals surface area contributed by atoms with Gasteiger partial charge in [-0.3, -0.25) is 0 Å². The maximum absolute atomic E-state index is 6.43. The van der Waals surface area contributed by atoms with Crippen molar-refractivity contribution in [3.8, 4) is 56.5 Å². The smallest absolute Gasteiger partial charge is 0.228 e. The molecule has 0 aliphatic rings. The fourth-order valence-electron chi connectivity index (χ4n) is 6.18. The van der Waals surface area contributed by atoms with Crippen LogP contribution < -0.4 is 0 Å². The van der Waals surface area contributed by atoms with Crippen LogP contribution in [0.2, 0.25) is 0 Å². The van der Waals surface area contributed by atoms with Gasteiger partial charge in [-0.1, -0.05) is 109 Å². The number of nitrogens with zero attached hydrogens (tertiary/aromatic N) is 3. The third-order valence-electron chi connectivity index (χ3n) is 8.35. The van der Waals surface area contributed by atoms with Crippen molar-refractivity contribution in [3.63, 3.8) is 0 Å². The van der Waals surface area contributed by atoms with Crippen LogP contribution in [-0.2, 0) is 0 Å². The van der Waals surface area contributed by atoms with E-state index in [-0.39, 0.29) is 0 Å². The van der Waals surface area contributed by atoms with Crippen molar-refractivity contribution < 1.29 is 8.83 Å². The molecule has 0 aliphatic heterocycles. The lowest BCUT2D eigenvalue weighted by atomic mass is 9.98. The van der Waals surface area contributed by atoms with Gasteiger partial charge < -0.3 is 8.83 Å². The van der Waals surface area contributed by atoms with Crippen LogP contribution >= 0.6 is 0 Å². The molecule has 0 spiro atoms. The number of hydrogen-bond acceptors (Lipinski definition) is 5. The Kier molecular flexibility index (Phi) is 6.06. The summed E-state index contributed by atoms with van der Waals surface area (Å²) in [5.74, 6) is 1.21. The van der Waals surface area contributed by atoms with Crippen LogP contribution in [0.1, 0.15) is 0 Å². The average Bonchev–Trinajstić information content (AvgIpc) is 3.74. The van der Waals surface area contributed by atoms with E-state index in [9.17, 15) is 0 Å². The minimum atomic E-state index is 0.551. The molecule has 216 valence electrons. The van der Waals surface area contributed by atoms with E-state index in [1.165, 1.54) is 0 Å². The largest absolute Gasteiger partial charge is 0.456 e. The van der Waals surface area contributed by atoms with Crippen molar-refractivity contribution >= 4 is 33.0 Å². The molecular weight excluding hydrogens is 566 g/mol. The van der Waals surface area contributed by atoms with Crippen LogP contribution in [0.25, 0.3) is 89.5 Å². The number of aromatic nitrogens is 3. The third-order valence-corrected chi connectivity index (χ3v) is 8.35. The molecule has 6 aromatic carbocycles. The van der Waals surface area contributed by atoms with Crippen molar-refractivity contribution in [2.75, 3.05) is 0 Å². The average molecular weight is 592 g/mol. The topological polar surface area (TPSA) is 65.0 Å². The Morgan fingerprint density at radius 3 is 1.74 bits per heavy atom. The summed E-state index contributed by atoms with van der Waals surface area (Å²) in [7, 11) is 0. The number of rotatable bonds is 5. The Hall–Kier alpha value is -6.33. The molecule has 9 aromatic rings. The van der Waals surface area contributed by atoms with Gasteiger partial charge in [-0.25, -0.2) is 15.0 Å². The monoisotopic (exact) mass is 591 g/mol. The molecule has 0 aliphatic carbocycles. The zero-order valence-electron chi connectivity index (χ0n) is 24.6. The SMILES string of the molecule is c1ccc(-c2cccc(-c3cc(-c4cccc5oc6cccc(-c7nc8ccccc8o7)c6c45)nc(-c4ccccc4)n3)c2)cc1. The van der Waals surface area contributed by atoms with Crippen LogP contribution in [0.15, 0.2) is 160 Å². The minimum Gasteiger partial charge on any atom is -0.456 e. The quantitative estimate of drug-likeness (QED) is 0.199. The van der Waals surface area contributed by atoms with Gasteiger partial charge in [0.1, 0.15) is 16.7 Å². The molecule has 9 rings (SSSR count). The summed E-state index contributed by atoms with van der Waals surface area (Å²) in [6.07, 6.45) is 0. The lowest BCUT2D eigenvalue weighted by Gasteiger charge is -2.11. The zero-order chi connectivity index (χ0) is 30.5. The van der Waals surface area contributed by atoms with Gasteiger partial charge in [0.2, 0.25) is 5.89 Å². The molecule has 0 saturated heterocycles. The lowest BCUT2D eigenvalue weighted by Crippen LogP contribution is -1.96. The molecule has 0 bridgehead atoms. The third kappa shape index (κ3) is 4.45. The predicted molar refractivity (Wildman–Crippen MR) is 184 cm³/mol. The van der Waals surface area contributed by atoms with Gasteiger partial charge in [0.05, 0.1) is 11.4 Å². The summed E-state index contributed by atoms with van der Waals surface area (Å²) in [6, 6.07) is 51.0. The van der Waals surface area contributed by atoms with Gasteiger partial charge >= 0.3 is 0 Å². The molecule has 0 radical (unpaired) electrons. The molecule has 0 saturated carbocycles. The summed E-state index contributed by atoms with van der Waals surface area (Å²) < 4.78 is 12.7. The van der Waals surface area contributed by atoms with Gasteiger partial charge in [-0.15, -0.1) is 0 Å². The van der Waals surface area contributed by atoms with E-state index in [4.69, 9.17) is 23.8 Å². The molecule has 0 amide bonds. The highest BCUT2D eigenvalue weighted by molar-refractivity contribution is 6.17. The van der Waals surface area contributed by atoms with Gasteiger partial charge in [0, 0.05) is 33.0 Å². The molecule has 3 aromatic heterocycles. The molecule has 0 atom stereocenters. The van der Waals surface area contributed by atoms with Crippen molar-refractivity contribution in [3.05, 3.63) is 152 Å². The summed E-state index contributed by atoms with van der Waals surface area (Å²) in [5.41, 5.74) is 10.8. The molecule has 5 heteroatoms.